The highest BCUT2D eigenvalue weighted by Crippen LogP contribution is 2.38. The molecule has 1 amide bonds. The Morgan fingerprint density at radius 1 is 1.19 bits per heavy atom. The van der Waals surface area contributed by atoms with Gasteiger partial charge in [-0.2, -0.15) is 0 Å². The van der Waals surface area contributed by atoms with Gasteiger partial charge < -0.3 is 30.0 Å². The Kier molecular flexibility index (Phi) is 4.53. The maximum atomic E-state index is 12.4. The number of rotatable bonds is 5. The fourth-order valence-corrected chi connectivity index (χ4v) is 2.93. The lowest BCUT2D eigenvalue weighted by Crippen LogP contribution is -2.16. The summed E-state index contributed by atoms with van der Waals surface area (Å²) in [6.07, 6.45) is 2.26. The average Bonchev–Trinajstić information content (AvgIpc) is 3.32. The molecule has 3 N–H and O–H groups in total. The van der Waals surface area contributed by atoms with E-state index in [1.807, 2.05) is 0 Å². The summed E-state index contributed by atoms with van der Waals surface area (Å²) in [5.74, 6) is 1.58. The van der Waals surface area contributed by atoms with Crippen LogP contribution in [0.5, 0.6) is 17.2 Å². The van der Waals surface area contributed by atoms with Crippen molar-refractivity contribution in [3.8, 4) is 17.2 Å². The predicted octanol–water partition coefficient (Wildman–Crippen LogP) is 2.81. The molecule has 0 aliphatic carbocycles. The number of amides is 1. The molecular weight excluding hydrogens is 336 g/mol. The van der Waals surface area contributed by atoms with E-state index in [9.17, 15) is 4.79 Å². The lowest BCUT2D eigenvalue weighted by molar-refractivity contribution is 0.0679. The fourth-order valence-electron chi connectivity index (χ4n) is 2.93. The smallest absolute Gasteiger partial charge is 0.255 e. The Morgan fingerprint density at radius 2 is 1.96 bits per heavy atom. The molecule has 4 rings (SSSR count). The van der Waals surface area contributed by atoms with Gasteiger partial charge in [0.1, 0.15) is 12.4 Å². The van der Waals surface area contributed by atoms with Gasteiger partial charge in [-0.05, 0) is 37.1 Å². The molecule has 0 aromatic heterocycles. The lowest BCUT2D eigenvalue weighted by atomic mass is 10.2. The number of hydrogen-bond donors (Lipinski definition) is 2. The second-order valence-corrected chi connectivity index (χ2v) is 6.22. The van der Waals surface area contributed by atoms with E-state index >= 15 is 0 Å². The minimum atomic E-state index is -0.263. The molecule has 2 aromatic carbocycles. The number of carbonyl (C=O) groups is 1. The highest BCUT2D eigenvalue weighted by atomic mass is 16.7. The molecule has 7 nitrogen and oxygen atoms in total. The number of carbonyl (C=O) groups excluding carboxylic acids is 1. The van der Waals surface area contributed by atoms with Crippen LogP contribution >= 0.6 is 0 Å². The first kappa shape index (κ1) is 16.5. The number of nitrogens with two attached hydrogens (primary N) is 1. The highest BCUT2D eigenvalue weighted by Gasteiger charge is 2.18. The van der Waals surface area contributed by atoms with E-state index in [1.54, 1.807) is 36.4 Å². The Labute approximate surface area is 151 Å². The normalized spacial score (nSPS) is 17.9. The summed E-state index contributed by atoms with van der Waals surface area (Å²) in [5, 5.41) is 2.79. The van der Waals surface area contributed by atoms with E-state index in [4.69, 9.17) is 24.7 Å². The van der Waals surface area contributed by atoms with Crippen LogP contribution in [0.25, 0.3) is 0 Å². The molecule has 0 saturated carbocycles. The Morgan fingerprint density at radius 3 is 2.69 bits per heavy atom. The molecule has 1 atom stereocenters. The zero-order chi connectivity index (χ0) is 17.9. The third kappa shape index (κ3) is 3.52. The molecule has 1 fully saturated rings. The SMILES string of the molecule is Nc1cc2c(cc1NC(=O)c1ccc(OCC3CCCO3)cc1)OCO2. The molecule has 136 valence electrons. The lowest BCUT2D eigenvalue weighted by Gasteiger charge is -2.12. The van der Waals surface area contributed by atoms with E-state index in [-0.39, 0.29) is 18.8 Å². The summed E-state index contributed by atoms with van der Waals surface area (Å²) < 4.78 is 21.8. The molecule has 0 spiro atoms. The molecule has 2 heterocycles. The summed E-state index contributed by atoms with van der Waals surface area (Å²) in [5.41, 5.74) is 7.37. The van der Waals surface area contributed by atoms with E-state index in [1.165, 1.54) is 0 Å². The quantitative estimate of drug-likeness (QED) is 0.801. The predicted molar refractivity (Wildman–Crippen MR) is 95.8 cm³/mol. The van der Waals surface area contributed by atoms with E-state index in [2.05, 4.69) is 5.32 Å². The van der Waals surface area contributed by atoms with Gasteiger partial charge in [0, 0.05) is 24.3 Å². The third-order valence-electron chi connectivity index (χ3n) is 4.37. The van der Waals surface area contributed by atoms with Gasteiger partial charge in [0.25, 0.3) is 5.91 Å². The second kappa shape index (κ2) is 7.13. The van der Waals surface area contributed by atoms with Crippen LogP contribution in [0.3, 0.4) is 0 Å². The van der Waals surface area contributed by atoms with Crippen LogP contribution in [0.4, 0.5) is 11.4 Å². The summed E-state index contributed by atoms with van der Waals surface area (Å²) in [6, 6.07) is 10.3. The van der Waals surface area contributed by atoms with Gasteiger partial charge in [0.05, 0.1) is 17.5 Å². The van der Waals surface area contributed by atoms with Crippen LogP contribution in [0, 0.1) is 0 Å². The van der Waals surface area contributed by atoms with Crippen molar-refractivity contribution in [2.45, 2.75) is 18.9 Å². The van der Waals surface area contributed by atoms with Crippen molar-refractivity contribution in [2.75, 3.05) is 31.1 Å². The standard InChI is InChI=1S/C19H20N2O5/c20-15-8-17-18(26-11-25-17)9-16(15)21-19(22)12-3-5-13(6-4-12)24-10-14-2-1-7-23-14/h3-6,8-9,14H,1-2,7,10-11,20H2,(H,21,22). The molecule has 2 aliphatic rings. The van der Waals surface area contributed by atoms with Crippen LogP contribution < -0.4 is 25.3 Å². The topological polar surface area (TPSA) is 92.0 Å². The zero-order valence-corrected chi connectivity index (χ0v) is 14.2. The van der Waals surface area contributed by atoms with Crippen LogP contribution in [0.1, 0.15) is 23.2 Å². The van der Waals surface area contributed by atoms with Crippen LogP contribution in [-0.2, 0) is 4.74 Å². The number of anilines is 2. The van der Waals surface area contributed by atoms with Crippen LogP contribution in [0.2, 0.25) is 0 Å². The Hall–Kier alpha value is -2.93. The first-order valence-electron chi connectivity index (χ1n) is 8.54. The summed E-state index contributed by atoms with van der Waals surface area (Å²) >= 11 is 0. The van der Waals surface area contributed by atoms with Crippen LogP contribution in [0.15, 0.2) is 36.4 Å². The zero-order valence-electron chi connectivity index (χ0n) is 14.2. The molecule has 26 heavy (non-hydrogen) atoms. The van der Waals surface area contributed by atoms with Crippen molar-refractivity contribution in [3.05, 3.63) is 42.0 Å². The van der Waals surface area contributed by atoms with Gasteiger partial charge in [-0.3, -0.25) is 4.79 Å². The van der Waals surface area contributed by atoms with Gasteiger partial charge in [0.2, 0.25) is 6.79 Å². The van der Waals surface area contributed by atoms with Crippen molar-refractivity contribution >= 4 is 17.3 Å². The minimum absolute atomic E-state index is 0.152. The Balaban J connectivity index is 1.39. The van der Waals surface area contributed by atoms with E-state index in [0.29, 0.717) is 40.8 Å². The van der Waals surface area contributed by atoms with Crippen molar-refractivity contribution in [1.82, 2.24) is 0 Å². The molecule has 0 radical (unpaired) electrons. The van der Waals surface area contributed by atoms with Crippen LogP contribution in [-0.4, -0.2) is 32.0 Å². The summed E-state index contributed by atoms with van der Waals surface area (Å²) in [7, 11) is 0. The molecule has 1 saturated heterocycles. The van der Waals surface area contributed by atoms with Gasteiger partial charge in [-0.25, -0.2) is 0 Å². The number of hydrogen-bond acceptors (Lipinski definition) is 6. The largest absolute Gasteiger partial charge is 0.491 e. The molecule has 7 heteroatoms. The highest BCUT2D eigenvalue weighted by molar-refractivity contribution is 6.06. The minimum Gasteiger partial charge on any atom is -0.491 e. The van der Waals surface area contributed by atoms with Gasteiger partial charge >= 0.3 is 0 Å². The first-order chi connectivity index (χ1) is 12.7. The van der Waals surface area contributed by atoms with Crippen molar-refractivity contribution in [2.24, 2.45) is 0 Å². The van der Waals surface area contributed by atoms with Crippen molar-refractivity contribution < 1.29 is 23.7 Å². The van der Waals surface area contributed by atoms with E-state index in [0.717, 1.165) is 19.4 Å². The van der Waals surface area contributed by atoms with Crippen molar-refractivity contribution in [3.63, 3.8) is 0 Å². The van der Waals surface area contributed by atoms with Gasteiger partial charge in [0.15, 0.2) is 11.5 Å². The third-order valence-corrected chi connectivity index (χ3v) is 4.37. The molecule has 2 aliphatic heterocycles. The summed E-state index contributed by atoms with van der Waals surface area (Å²) in [4.78, 5) is 12.4. The molecule has 2 aromatic rings. The average molecular weight is 356 g/mol. The number of fused-ring (bicyclic) bond motifs is 1. The second-order valence-electron chi connectivity index (χ2n) is 6.22. The molecular formula is C19H20N2O5. The number of ether oxygens (including phenoxy) is 4. The number of nitrogen functional groups attached to an aromatic ring is 1. The monoisotopic (exact) mass is 356 g/mol. The van der Waals surface area contributed by atoms with Gasteiger partial charge in [-0.1, -0.05) is 0 Å². The maximum absolute atomic E-state index is 12.4. The van der Waals surface area contributed by atoms with E-state index < -0.39 is 0 Å². The fraction of sp³-hybridized carbons (Fsp3) is 0.316. The summed E-state index contributed by atoms with van der Waals surface area (Å²) in [6.45, 7) is 1.48. The first-order valence-corrected chi connectivity index (χ1v) is 8.54. The molecule has 1 unspecified atom stereocenters. The Bertz CT molecular complexity index is 800. The molecule has 0 bridgehead atoms. The van der Waals surface area contributed by atoms with Crippen molar-refractivity contribution in [1.29, 1.82) is 0 Å². The number of nitrogens with one attached hydrogen (secondary N) is 1. The maximum Gasteiger partial charge on any atom is 0.255 e. The number of benzene rings is 2. The van der Waals surface area contributed by atoms with Gasteiger partial charge in [-0.15, -0.1) is 0 Å².